The maximum atomic E-state index is 12.0. The number of aliphatic hydroxyl groups excluding tert-OH is 3. The van der Waals surface area contributed by atoms with E-state index < -0.39 is 12.1 Å². The van der Waals surface area contributed by atoms with Crippen LogP contribution in [0.15, 0.2) is 0 Å². The molecule has 0 amide bonds. The topological polar surface area (TPSA) is 130 Å². The van der Waals surface area contributed by atoms with E-state index in [1.54, 1.807) is 0 Å². The van der Waals surface area contributed by atoms with Crippen molar-refractivity contribution < 1.29 is 20.1 Å². The summed E-state index contributed by atoms with van der Waals surface area (Å²) in [5, 5.41) is 28.3. The van der Waals surface area contributed by atoms with Gasteiger partial charge in [-0.15, -0.1) is 0 Å². The van der Waals surface area contributed by atoms with E-state index in [0.29, 0.717) is 12.2 Å². The third-order valence-corrected chi connectivity index (χ3v) is 6.97. The predicted octanol–water partition coefficient (Wildman–Crippen LogP) is 5.14. The highest BCUT2D eigenvalue weighted by molar-refractivity contribution is 5.78. The van der Waals surface area contributed by atoms with E-state index in [4.69, 9.17) is 16.6 Å². The summed E-state index contributed by atoms with van der Waals surface area (Å²) in [6, 6.07) is -0.634. The van der Waals surface area contributed by atoms with Crippen LogP contribution in [0.5, 0.6) is 0 Å². The van der Waals surface area contributed by atoms with Crippen LogP contribution >= 0.6 is 0 Å². The van der Waals surface area contributed by atoms with Crippen LogP contribution in [0.3, 0.4) is 0 Å². The maximum absolute atomic E-state index is 12.0. The molecule has 204 valence electrons. The number of ketones is 1. The third kappa shape index (κ3) is 22.0. The van der Waals surface area contributed by atoms with Gasteiger partial charge in [-0.25, -0.2) is 0 Å². The zero-order chi connectivity index (χ0) is 25.4. The van der Waals surface area contributed by atoms with Crippen molar-refractivity contribution >= 4 is 5.78 Å². The molecule has 0 unspecified atom stereocenters. The largest absolute Gasteiger partial charge is 0.395 e. The number of hydrogen-bond acceptors (Lipinski definition) is 6. The quantitative estimate of drug-likeness (QED) is 0.108. The Balaban J connectivity index is 3.27. The van der Waals surface area contributed by atoms with Crippen molar-refractivity contribution in [1.82, 2.24) is 0 Å². The molecule has 6 nitrogen and oxygen atoms in total. The van der Waals surface area contributed by atoms with Crippen LogP contribution in [0.25, 0.3) is 0 Å². The molecule has 0 aromatic carbocycles. The van der Waals surface area contributed by atoms with E-state index in [2.05, 4.69) is 0 Å². The molecule has 0 aliphatic heterocycles. The van der Waals surface area contributed by atoms with Crippen molar-refractivity contribution in [2.24, 2.45) is 11.5 Å². The number of aliphatic hydroxyl groups is 3. The van der Waals surface area contributed by atoms with Gasteiger partial charge >= 0.3 is 0 Å². The van der Waals surface area contributed by atoms with Gasteiger partial charge in [-0.3, -0.25) is 4.79 Å². The summed E-state index contributed by atoms with van der Waals surface area (Å²) in [7, 11) is 0. The molecule has 0 aliphatic carbocycles. The smallest absolute Gasteiger partial charge is 0.132 e. The molecule has 0 fully saturated rings. The lowest BCUT2D eigenvalue weighted by atomic mass is 10.0. The molecule has 0 aliphatic rings. The normalized spacial score (nSPS) is 15.2. The number of unbranched alkanes of at least 4 members (excludes halogenated alkanes) is 15. The summed E-state index contributed by atoms with van der Waals surface area (Å²) >= 11 is 0. The van der Waals surface area contributed by atoms with Crippen molar-refractivity contribution in [3.05, 3.63) is 0 Å². The molecular weight excluding hydrogens is 428 g/mol. The fourth-order valence-corrected chi connectivity index (χ4v) is 4.37. The van der Waals surface area contributed by atoms with Crippen LogP contribution < -0.4 is 11.5 Å². The van der Waals surface area contributed by atoms with Crippen LogP contribution in [-0.2, 0) is 4.79 Å². The summed E-state index contributed by atoms with van der Waals surface area (Å²) in [6.07, 6.45) is 21.9. The fraction of sp³-hybridized carbons (Fsp3) is 0.964. The number of carbonyl (C=O) groups excluding carboxylic acids is 1. The molecule has 0 aromatic rings. The first-order valence-electron chi connectivity index (χ1n) is 14.4. The van der Waals surface area contributed by atoms with Gasteiger partial charge in [0, 0.05) is 18.9 Å². The van der Waals surface area contributed by atoms with Gasteiger partial charge in [0.25, 0.3) is 0 Å². The minimum Gasteiger partial charge on any atom is -0.395 e. The van der Waals surface area contributed by atoms with Gasteiger partial charge in [0.2, 0.25) is 0 Å². The average molecular weight is 487 g/mol. The van der Waals surface area contributed by atoms with Gasteiger partial charge in [0.15, 0.2) is 0 Å². The van der Waals surface area contributed by atoms with E-state index >= 15 is 0 Å². The molecule has 4 atom stereocenters. The Morgan fingerprint density at radius 3 is 1.26 bits per heavy atom. The molecule has 6 heteroatoms. The predicted molar refractivity (Wildman–Crippen MR) is 143 cm³/mol. The van der Waals surface area contributed by atoms with Crippen molar-refractivity contribution in [1.29, 1.82) is 0 Å². The molecule has 0 saturated heterocycles. The Labute approximate surface area is 210 Å². The second-order valence-electron chi connectivity index (χ2n) is 10.5. The fourth-order valence-electron chi connectivity index (χ4n) is 4.37. The average Bonchev–Trinajstić information content (AvgIpc) is 2.82. The number of rotatable bonds is 26. The van der Waals surface area contributed by atoms with E-state index in [1.165, 1.54) is 64.2 Å². The third-order valence-electron chi connectivity index (χ3n) is 6.97. The van der Waals surface area contributed by atoms with Crippen LogP contribution in [-0.4, -0.2) is 52.0 Å². The molecule has 0 heterocycles. The molecule has 0 aromatic heterocycles. The summed E-state index contributed by atoms with van der Waals surface area (Å²) in [6.45, 7) is 1.70. The van der Waals surface area contributed by atoms with Crippen LogP contribution in [0, 0.1) is 0 Å². The van der Waals surface area contributed by atoms with E-state index in [1.807, 2.05) is 6.92 Å². The molecule has 0 rings (SSSR count). The van der Waals surface area contributed by atoms with Gasteiger partial charge in [0.1, 0.15) is 5.78 Å². The van der Waals surface area contributed by atoms with Gasteiger partial charge in [-0.2, -0.15) is 0 Å². The Bertz CT molecular complexity index is 448. The summed E-state index contributed by atoms with van der Waals surface area (Å²) in [5.41, 5.74) is 11.3. The highest BCUT2D eigenvalue weighted by Gasteiger charge is 2.12. The van der Waals surface area contributed by atoms with E-state index in [-0.39, 0.29) is 18.8 Å². The van der Waals surface area contributed by atoms with Gasteiger partial charge < -0.3 is 26.8 Å². The molecule has 0 spiro atoms. The van der Waals surface area contributed by atoms with Crippen molar-refractivity contribution in [3.63, 3.8) is 0 Å². The van der Waals surface area contributed by atoms with Crippen LogP contribution in [0.4, 0.5) is 0 Å². The molecule has 7 N–H and O–H groups in total. The van der Waals surface area contributed by atoms with Crippen LogP contribution in [0.2, 0.25) is 0 Å². The molecule has 0 saturated carbocycles. The van der Waals surface area contributed by atoms with Gasteiger partial charge in [-0.05, 0) is 32.6 Å². The minimum atomic E-state index is -0.593. The van der Waals surface area contributed by atoms with Crippen LogP contribution in [0.1, 0.15) is 142 Å². The van der Waals surface area contributed by atoms with E-state index in [9.17, 15) is 15.0 Å². The molecule has 0 bridgehead atoms. The Hall–Kier alpha value is -0.530. The lowest BCUT2D eigenvalue weighted by Gasteiger charge is -2.15. The van der Waals surface area contributed by atoms with Crippen molar-refractivity contribution in [2.45, 2.75) is 166 Å². The minimum absolute atomic E-state index is 0.117. The monoisotopic (exact) mass is 486 g/mol. The van der Waals surface area contributed by atoms with Crippen molar-refractivity contribution in [3.8, 4) is 0 Å². The second kappa shape index (κ2) is 24.2. The first-order valence-corrected chi connectivity index (χ1v) is 14.4. The molecule has 34 heavy (non-hydrogen) atoms. The number of carbonyl (C=O) groups is 1. The number of nitrogens with two attached hydrogens (primary N) is 2. The first-order chi connectivity index (χ1) is 16.4. The lowest BCUT2D eigenvalue weighted by molar-refractivity contribution is -0.119. The standard InChI is InChI=1S/C28H58N2O4/c1-24(29)27(33)21-17-13-9-5-3-2-4-7-11-15-19-25(32)20-16-12-8-6-10-14-18-22-28(34)26(30)23-31/h24,26-28,31,33-34H,2-23,29-30H2,1H3/t24-,26+,27-,28-/m1/s1. The van der Waals surface area contributed by atoms with E-state index in [0.717, 1.165) is 64.2 Å². The maximum Gasteiger partial charge on any atom is 0.132 e. The number of Topliss-reactive ketones (excluding diaryl/α,β-unsaturated/α-hetero) is 1. The molecule has 0 radical (unpaired) electrons. The lowest BCUT2D eigenvalue weighted by Crippen LogP contribution is -2.37. The van der Waals surface area contributed by atoms with Crippen molar-refractivity contribution in [2.75, 3.05) is 6.61 Å². The van der Waals surface area contributed by atoms with Gasteiger partial charge in [-0.1, -0.05) is 96.3 Å². The Morgan fingerprint density at radius 1 is 0.588 bits per heavy atom. The van der Waals surface area contributed by atoms with Gasteiger partial charge in [0.05, 0.1) is 24.9 Å². The zero-order valence-electron chi connectivity index (χ0n) is 22.3. The Morgan fingerprint density at radius 2 is 0.912 bits per heavy atom. The Kier molecular flexibility index (Phi) is 23.8. The highest BCUT2D eigenvalue weighted by atomic mass is 16.3. The summed E-state index contributed by atoms with van der Waals surface area (Å²) in [5.74, 6) is 0.434. The summed E-state index contributed by atoms with van der Waals surface area (Å²) < 4.78 is 0. The zero-order valence-corrected chi connectivity index (χ0v) is 22.3. The number of hydrogen-bond donors (Lipinski definition) is 5. The second-order valence-corrected chi connectivity index (χ2v) is 10.5. The molecular formula is C28H58N2O4. The summed E-state index contributed by atoms with van der Waals surface area (Å²) in [4.78, 5) is 12.0. The SMILES string of the molecule is C[C@@H](N)[C@H](O)CCCCCCCCCCCCC(=O)CCCCCCCCC[C@@H](O)[C@@H](N)CO. The highest BCUT2D eigenvalue weighted by Crippen LogP contribution is 2.15. The first kappa shape index (κ1) is 33.5.